The van der Waals surface area contributed by atoms with Gasteiger partial charge in [0, 0.05) is 31.0 Å². The van der Waals surface area contributed by atoms with Crippen molar-refractivity contribution in [3.8, 4) is 10.6 Å². The van der Waals surface area contributed by atoms with Gasteiger partial charge in [0.1, 0.15) is 0 Å². The second-order valence-electron chi connectivity index (χ2n) is 4.82. The standard InChI is InChI=1S/C14H15N3O2S/c18-11-2-5-17(6-3-11)14(19)10-1-4-16-12(7-10)13-8-15-9-20-13/h1,4,7-9,11,18H,2-3,5-6H2. The molecule has 3 heterocycles. The number of likely N-dealkylation sites (tertiary alicyclic amines) is 1. The second-order valence-corrected chi connectivity index (χ2v) is 5.71. The first-order valence-electron chi connectivity index (χ1n) is 6.56. The molecular weight excluding hydrogens is 274 g/mol. The molecule has 2 aromatic rings. The number of aliphatic hydroxyl groups is 1. The molecule has 0 aromatic carbocycles. The number of piperidine rings is 1. The molecule has 0 radical (unpaired) electrons. The van der Waals surface area contributed by atoms with Crippen molar-refractivity contribution in [2.75, 3.05) is 13.1 Å². The fraction of sp³-hybridized carbons (Fsp3) is 0.357. The summed E-state index contributed by atoms with van der Waals surface area (Å²) in [5, 5.41) is 9.49. The zero-order valence-corrected chi connectivity index (χ0v) is 11.7. The molecule has 3 rings (SSSR count). The largest absolute Gasteiger partial charge is 0.393 e. The maximum absolute atomic E-state index is 12.4. The fourth-order valence-electron chi connectivity index (χ4n) is 2.29. The minimum absolute atomic E-state index is 0.00469. The van der Waals surface area contributed by atoms with E-state index in [4.69, 9.17) is 0 Å². The van der Waals surface area contributed by atoms with Crippen molar-refractivity contribution in [1.82, 2.24) is 14.9 Å². The first kappa shape index (κ1) is 13.2. The van der Waals surface area contributed by atoms with Gasteiger partial charge in [-0.15, -0.1) is 11.3 Å². The molecule has 0 atom stereocenters. The van der Waals surface area contributed by atoms with Gasteiger partial charge in [0.2, 0.25) is 0 Å². The molecule has 0 spiro atoms. The summed E-state index contributed by atoms with van der Waals surface area (Å²) in [7, 11) is 0. The Morgan fingerprint density at radius 1 is 1.40 bits per heavy atom. The highest BCUT2D eigenvalue weighted by molar-refractivity contribution is 7.13. The smallest absolute Gasteiger partial charge is 0.253 e. The number of thiazole rings is 1. The van der Waals surface area contributed by atoms with Crippen LogP contribution in [0.4, 0.5) is 0 Å². The van der Waals surface area contributed by atoms with Gasteiger partial charge in [0.15, 0.2) is 0 Å². The Morgan fingerprint density at radius 2 is 2.20 bits per heavy atom. The number of carbonyl (C=O) groups is 1. The number of pyridine rings is 1. The van der Waals surface area contributed by atoms with Crippen molar-refractivity contribution in [3.05, 3.63) is 35.6 Å². The van der Waals surface area contributed by atoms with E-state index >= 15 is 0 Å². The van der Waals surface area contributed by atoms with Crippen molar-refractivity contribution < 1.29 is 9.90 Å². The third kappa shape index (κ3) is 2.71. The van der Waals surface area contributed by atoms with Crippen LogP contribution >= 0.6 is 11.3 Å². The molecule has 1 N–H and O–H groups in total. The maximum atomic E-state index is 12.4. The van der Waals surface area contributed by atoms with Gasteiger partial charge in [-0.05, 0) is 25.0 Å². The molecule has 0 unspecified atom stereocenters. The highest BCUT2D eigenvalue weighted by atomic mass is 32.1. The average Bonchev–Trinajstić information content (AvgIpc) is 3.02. The molecular formula is C14H15N3O2S. The molecule has 0 bridgehead atoms. The molecule has 2 aromatic heterocycles. The molecule has 6 heteroatoms. The van der Waals surface area contributed by atoms with Crippen LogP contribution in [0.2, 0.25) is 0 Å². The lowest BCUT2D eigenvalue weighted by Gasteiger charge is -2.29. The number of nitrogens with zero attached hydrogens (tertiary/aromatic N) is 3. The topological polar surface area (TPSA) is 66.3 Å². The summed E-state index contributed by atoms with van der Waals surface area (Å²) in [6.45, 7) is 1.22. The van der Waals surface area contributed by atoms with Crippen molar-refractivity contribution in [2.45, 2.75) is 18.9 Å². The van der Waals surface area contributed by atoms with E-state index < -0.39 is 0 Å². The Morgan fingerprint density at radius 3 is 2.90 bits per heavy atom. The first-order valence-corrected chi connectivity index (χ1v) is 7.44. The van der Waals surface area contributed by atoms with Gasteiger partial charge in [0.25, 0.3) is 5.91 Å². The Labute approximate surface area is 120 Å². The quantitative estimate of drug-likeness (QED) is 0.915. The number of aliphatic hydroxyl groups excluding tert-OH is 1. The van der Waals surface area contributed by atoms with E-state index in [1.165, 1.54) is 11.3 Å². The predicted octanol–water partition coefficient (Wildman–Crippen LogP) is 1.80. The summed E-state index contributed by atoms with van der Waals surface area (Å²) in [6.07, 6.45) is 4.43. The van der Waals surface area contributed by atoms with Crippen molar-refractivity contribution in [3.63, 3.8) is 0 Å². The van der Waals surface area contributed by atoms with E-state index in [2.05, 4.69) is 9.97 Å². The van der Waals surface area contributed by atoms with Gasteiger partial charge in [0.05, 0.1) is 22.2 Å². The van der Waals surface area contributed by atoms with Crippen LogP contribution in [0.3, 0.4) is 0 Å². The van der Waals surface area contributed by atoms with Gasteiger partial charge in [-0.2, -0.15) is 0 Å². The number of amides is 1. The van der Waals surface area contributed by atoms with Crippen molar-refractivity contribution >= 4 is 17.2 Å². The second kappa shape index (κ2) is 5.68. The zero-order chi connectivity index (χ0) is 13.9. The van der Waals surface area contributed by atoms with Crippen LogP contribution in [-0.2, 0) is 0 Å². The lowest BCUT2D eigenvalue weighted by atomic mass is 10.1. The van der Waals surface area contributed by atoms with Crippen LogP contribution in [0.1, 0.15) is 23.2 Å². The molecule has 0 aliphatic carbocycles. The van der Waals surface area contributed by atoms with Crippen LogP contribution in [0, 0.1) is 0 Å². The first-order chi connectivity index (χ1) is 9.74. The molecule has 1 amide bonds. The van der Waals surface area contributed by atoms with E-state index in [-0.39, 0.29) is 12.0 Å². The lowest BCUT2D eigenvalue weighted by molar-refractivity contribution is 0.0546. The monoisotopic (exact) mass is 289 g/mol. The molecule has 1 aliphatic rings. The summed E-state index contributed by atoms with van der Waals surface area (Å²) in [5.41, 5.74) is 3.16. The Bertz CT molecular complexity index is 592. The molecule has 104 valence electrons. The SMILES string of the molecule is O=C(c1ccnc(-c2cncs2)c1)N1CCC(O)CC1. The van der Waals surface area contributed by atoms with Gasteiger partial charge in [-0.1, -0.05) is 0 Å². The zero-order valence-electron chi connectivity index (χ0n) is 10.9. The van der Waals surface area contributed by atoms with Crippen molar-refractivity contribution in [1.29, 1.82) is 0 Å². The number of carbonyl (C=O) groups excluding carboxylic acids is 1. The number of hydrogen-bond acceptors (Lipinski definition) is 5. The normalized spacial score (nSPS) is 16.4. The Hall–Kier alpha value is -1.79. The minimum atomic E-state index is -0.274. The average molecular weight is 289 g/mol. The highest BCUT2D eigenvalue weighted by Gasteiger charge is 2.22. The molecule has 1 saturated heterocycles. The number of hydrogen-bond donors (Lipinski definition) is 1. The highest BCUT2D eigenvalue weighted by Crippen LogP contribution is 2.22. The van der Waals surface area contributed by atoms with Crippen LogP contribution in [-0.4, -0.2) is 45.1 Å². The van der Waals surface area contributed by atoms with Crippen LogP contribution in [0.5, 0.6) is 0 Å². The third-order valence-electron chi connectivity index (χ3n) is 3.44. The molecule has 1 aliphatic heterocycles. The number of rotatable bonds is 2. The summed E-state index contributed by atoms with van der Waals surface area (Å²) in [5.74, 6) is 0.00469. The molecule has 5 nitrogen and oxygen atoms in total. The van der Waals surface area contributed by atoms with Gasteiger partial charge >= 0.3 is 0 Å². The summed E-state index contributed by atoms with van der Waals surface area (Å²) in [4.78, 5) is 23.5. The van der Waals surface area contributed by atoms with Gasteiger partial charge in [-0.25, -0.2) is 0 Å². The summed E-state index contributed by atoms with van der Waals surface area (Å²) < 4.78 is 0. The van der Waals surface area contributed by atoms with E-state index in [9.17, 15) is 9.90 Å². The summed E-state index contributed by atoms with van der Waals surface area (Å²) >= 11 is 1.50. The van der Waals surface area contributed by atoms with E-state index in [0.717, 1.165) is 10.6 Å². The van der Waals surface area contributed by atoms with Crippen molar-refractivity contribution in [2.24, 2.45) is 0 Å². The van der Waals surface area contributed by atoms with E-state index in [0.29, 0.717) is 31.5 Å². The Kier molecular flexibility index (Phi) is 3.75. The van der Waals surface area contributed by atoms with Crippen LogP contribution < -0.4 is 0 Å². The molecule has 1 fully saturated rings. The predicted molar refractivity (Wildman–Crippen MR) is 76.5 cm³/mol. The lowest BCUT2D eigenvalue weighted by Crippen LogP contribution is -2.40. The molecule has 20 heavy (non-hydrogen) atoms. The Balaban J connectivity index is 1.80. The van der Waals surface area contributed by atoms with Crippen LogP contribution in [0.15, 0.2) is 30.0 Å². The third-order valence-corrected chi connectivity index (χ3v) is 4.24. The van der Waals surface area contributed by atoms with Crippen LogP contribution in [0.25, 0.3) is 10.6 Å². The fourth-order valence-corrected chi connectivity index (χ4v) is 2.88. The van der Waals surface area contributed by atoms with Gasteiger partial charge < -0.3 is 10.0 Å². The van der Waals surface area contributed by atoms with Gasteiger partial charge in [-0.3, -0.25) is 14.8 Å². The molecule has 0 saturated carbocycles. The minimum Gasteiger partial charge on any atom is -0.393 e. The van der Waals surface area contributed by atoms with E-state index in [1.54, 1.807) is 34.9 Å². The number of aromatic nitrogens is 2. The van der Waals surface area contributed by atoms with E-state index in [1.807, 2.05) is 0 Å². The summed E-state index contributed by atoms with van der Waals surface area (Å²) in [6, 6.07) is 3.54. The maximum Gasteiger partial charge on any atom is 0.253 e.